The Morgan fingerprint density at radius 1 is 1.55 bits per heavy atom. The van der Waals surface area contributed by atoms with Gasteiger partial charge in [-0.2, -0.15) is 0 Å². The summed E-state index contributed by atoms with van der Waals surface area (Å²) in [4.78, 5) is 16.1. The molecular formula is C14H19ClN2O3. The first-order valence-corrected chi connectivity index (χ1v) is 6.95. The van der Waals surface area contributed by atoms with Gasteiger partial charge in [0.2, 0.25) is 5.88 Å². The number of pyridine rings is 1. The topological polar surface area (TPSA) is 60.5 Å². The third-order valence-corrected chi connectivity index (χ3v) is 3.00. The predicted molar refractivity (Wildman–Crippen MR) is 76.3 cm³/mol. The van der Waals surface area contributed by atoms with Crippen LogP contribution < -0.4 is 10.1 Å². The monoisotopic (exact) mass is 298 g/mol. The highest BCUT2D eigenvalue weighted by atomic mass is 35.5. The second-order valence-electron chi connectivity index (χ2n) is 5.82. The van der Waals surface area contributed by atoms with Crippen molar-refractivity contribution in [3.8, 4) is 5.88 Å². The summed E-state index contributed by atoms with van der Waals surface area (Å²) in [6.07, 6.45) is 2.27. The van der Waals surface area contributed by atoms with E-state index in [0.29, 0.717) is 29.7 Å². The molecule has 0 aromatic carbocycles. The summed E-state index contributed by atoms with van der Waals surface area (Å²) in [5.74, 6) is 0.136. The molecule has 1 aliphatic heterocycles. The Balaban J connectivity index is 2.06. The third-order valence-electron chi connectivity index (χ3n) is 2.72. The van der Waals surface area contributed by atoms with Crippen LogP contribution in [0.5, 0.6) is 5.88 Å². The standard InChI is InChI=1S/C14H19ClN2O3/c1-14(2,3)17-12(18)9-6-11(15)13(16-7-9)20-10-4-5-19-8-10/h6-7,10H,4-5,8H2,1-3H3,(H,17,18)/t10-/m0/s1. The highest BCUT2D eigenvalue weighted by Gasteiger charge is 2.21. The molecule has 2 heterocycles. The maximum atomic E-state index is 12.0. The van der Waals surface area contributed by atoms with Crippen LogP contribution in [0.15, 0.2) is 12.3 Å². The van der Waals surface area contributed by atoms with Crippen LogP contribution in [0.1, 0.15) is 37.6 Å². The average molecular weight is 299 g/mol. The molecule has 1 amide bonds. The number of carbonyl (C=O) groups excluding carboxylic acids is 1. The Morgan fingerprint density at radius 3 is 2.85 bits per heavy atom. The molecule has 1 atom stereocenters. The van der Waals surface area contributed by atoms with Gasteiger partial charge in [0, 0.05) is 18.2 Å². The zero-order valence-corrected chi connectivity index (χ0v) is 12.7. The molecule has 1 aromatic rings. The summed E-state index contributed by atoms with van der Waals surface area (Å²) in [6.45, 7) is 6.98. The first kappa shape index (κ1) is 15.1. The number of nitrogens with one attached hydrogen (secondary N) is 1. The number of hydrogen-bond donors (Lipinski definition) is 1. The van der Waals surface area contributed by atoms with Gasteiger partial charge < -0.3 is 14.8 Å². The number of rotatable bonds is 3. The number of aromatic nitrogens is 1. The molecule has 1 aromatic heterocycles. The molecule has 1 fully saturated rings. The van der Waals surface area contributed by atoms with Crippen LogP contribution in [-0.2, 0) is 4.74 Å². The van der Waals surface area contributed by atoms with Crippen molar-refractivity contribution in [3.63, 3.8) is 0 Å². The van der Waals surface area contributed by atoms with Crippen molar-refractivity contribution in [1.82, 2.24) is 10.3 Å². The van der Waals surface area contributed by atoms with Gasteiger partial charge >= 0.3 is 0 Å². The van der Waals surface area contributed by atoms with Crippen molar-refractivity contribution in [1.29, 1.82) is 0 Å². The molecule has 0 bridgehead atoms. The van der Waals surface area contributed by atoms with E-state index < -0.39 is 0 Å². The molecule has 0 spiro atoms. The number of halogens is 1. The molecule has 2 rings (SSSR count). The number of amides is 1. The predicted octanol–water partition coefficient (Wildman–Crippen LogP) is 2.43. The van der Waals surface area contributed by atoms with Crippen LogP contribution >= 0.6 is 11.6 Å². The molecule has 20 heavy (non-hydrogen) atoms. The van der Waals surface area contributed by atoms with Gasteiger partial charge in [-0.25, -0.2) is 4.98 Å². The zero-order valence-electron chi connectivity index (χ0n) is 11.9. The van der Waals surface area contributed by atoms with E-state index >= 15 is 0 Å². The minimum absolute atomic E-state index is 0.0192. The number of nitrogens with zero attached hydrogens (tertiary/aromatic N) is 1. The van der Waals surface area contributed by atoms with Gasteiger partial charge in [0.15, 0.2) is 0 Å². The number of hydrogen-bond acceptors (Lipinski definition) is 4. The summed E-state index contributed by atoms with van der Waals surface area (Å²) in [7, 11) is 0. The lowest BCUT2D eigenvalue weighted by Gasteiger charge is -2.20. The zero-order chi connectivity index (χ0) is 14.8. The van der Waals surface area contributed by atoms with Crippen molar-refractivity contribution in [3.05, 3.63) is 22.8 Å². The second kappa shape index (κ2) is 5.97. The molecular weight excluding hydrogens is 280 g/mol. The summed E-state index contributed by atoms with van der Waals surface area (Å²) >= 11 is 6.11. The molecule has 0 aliphatic carbocycles. The van der Waals surface area contributed by atoms with Crippen LogP contribution in [0, 0.1) is 0 Å². The fourth-order valence-electron chi connectivity index (χ4n) is 1.81. The highest BCUT2D eigenvalue weighted by Crippen LogP contribution is 2.25. The van der Waals surface area contributed by atoms with E-state index in [9.17, 15) is 4.79 Å². The maximum Gasteiger partial charge on any atom is 0.253 e. The molecule has 6 heteroatoms. The van der Waals surface area contributed by atoms with E-state index in [4.69, 9.17) is 21.1 Å². The second-order valence-corrected chi connectivity index (χ2v) is 6.23. The van der Waals surface area contributed by atoms with E-state index in [0.717, 1.165) is 6.42 Å². The molecule has 110 valence electrons. The van der Waals surface area contributed by atoms with Crippen molar-refractivity contribution < 1.29 is 14.3 Å². The van der Waals surface area contributed by atoms with Crippen molar-refractivity contribution in [2.24, 2.45) is 0 Å². The lowest BCUT2D eigenvalue weighted by Crippen LogP contribution is -2.40. The molecule has 1 aliphatic rings. The van der Waals surface area contributed by atoms with Gasteiger partial charge in [-0.3, -0.25) is 4.79 Å². The molecule has 0 saturated carbocycles. The highest BCUT2D eigenvalue weighted by molar-refractivity contribution is 6.32. The quantitative estimate of drug-likeness (QED) is 0.931. The van der Waals surface area contributed by atoms with Gasteiger partial charge in [-0.05, 0) is 26.8 Å². The number of carbonyl (C=O) groups is 1. The molecule has 0 radical (unpaired) electrons. The fraction of sp³-hybridized carbons (Fsp3) is 0.571. The summed E-state index contributed by atoms with van der Waals surface area (Å²) in [5, 5.41) is 3.19. The first-order valence-electron chi connectivity index (χ1n) is 6.57. The molecule has 1 N–H and O–H groups in total. The lowest BCUT2D eigenvalue weighted by molar-refractivity contribution is 0.0919. The Hall–Kier alpha value is -1.33. The van der Waals surface area contributed by atoms with Crippen LogP contribution in [0.3, 0.4) is 0 Å². The normalized spacial score (nSPS) is 18.9. The minimum Gasteiger partial charge on any atom is -0.471 e. The van der Waals surface area contributed by atoms with E-state index in [1.54, 1.807) is 6.07 Å². The maximum absolute atomic E-state index is 12.0. The van der Waals surface area contributed by atoms with Gasteiger partial charge in [0.1, 0.15) is 11.1 Å². The SMILES string of the molecule is CC(C)(C)NC(=O)c1cnc(O[C@H]2CCOC2)c(Cl)c1. The summed E-state index contributed by atoms with van der Waals surface area (Å²) in [5.41, 5.74) is 0.111. The van der Waals surface area contributed by atoms with Crippen LogP contribution in [-0.4, -0.2) is 35.7 Å². The van der Waals surface area contributed by atoms with E-state index in [2.05, 4.69) is 10.3 Å². The third kappa shape index (κ3) is 4.08. The fourth-order valence-corrected chi connectivity index (χ4v) is 2.02. The van der Waals surface area contributed by atoms with Crippen LogP contribution in [0.2, 0.25) is 5.02 Å². The van der Waals surface area contributed by atoms with E-state index in [1.165, 1.54) is 6.20 Å². The first-order chi connectivity index (χ1) is 9.35. The largest absolute Gasteiger partial charge is 0.471 e. The Labute approximate surface area is 123 Å². The van der Waals surface area contributed by atoms with E-state index in [1.807, 2.05) is 20.8 Å². The van der Waals surface area contributed by atoms with Crippen molar-refractivity contribution in [2.75, 3.05) is 13.2 Å². The smallest absolute Gasteiger partial charge is 0.253 e. The summed E-state index contributed by atoms with van der Waals surface area (Å²) < 4.78 is 10.9. The minimum atomic E-state index is -0.306. The summed E-state index contributed by atoms with van der Waals surface area (Å²) in [6, 6.07) is 1.57. The Kier molecular flexibility index (Phi) is 4.50. The Morgan fingerprint density at radius 2 is 2.30 bits per heavy atom. The van der Waals surface area contributed by atoms with Crippen LogP contribution in [0.4, 0.5) is 0 Å². The Bertz CT molecular complexity index is 494. The van der Waals surface area contributed by atoms with Gasteiger partial charge in [0.25, 0.3) is 5.91 Å². The lowest BCUT2D eigenvalue weighted by atomic mass is 10.1. The molecule has 5 nitrogen and oxygen atoms in total. The molecule has 1 saturated heterocycles. The van der Waals surface area contributed by atoms with Crippen molar-refractivity contribution >= 4 is 17.5 Å². The number of ether oxygens (including phenoxy) is 2. The van der Waals surface area contributed by atoms with E-state index in [-0.39, 0.29) is 17.6 Å². The van der Waals surface area contributed by atoms with Crippen LogP contribution in [0.25, 0.3) is 0 Å². The van der Waals surface area contributed by atoms with Gasteiger partial charge in [-0.1, -0.05) is 11.6 Å². The van der Waals surface area contributed by atoms with Gasteiger partial charge in [0.05, 0.1) is 18.8 Å². The van der Waals surface area contributed by atoms with Gasteiger partial charge in [-0.15, -0.1) is 0 Å². The molecule has 0 unspecified atom stereocenters. The average Bonchev–Trinajstić information content (AvgIpc) is 2.82. The van der Waals surface area contributed by atoms with Crippen molar-refractivity contribution in [2.45, 2.75) is 38.8 Å².